The molecule has 3 nitrogen and oxygen atoms in total. The van der Waals surface area contributed by atoms with Crippen molar-refractivity contribution in [2.75, 3.05) is 33.7 Å². The topological polar surface area (TPSA) is 23.6 Å². The van der Waals surface area contributed by atoms with E-state index in [1.165, 1.54) is 32.2 Å². The van der Waals surface area contributed by atoms with Crippen LogP contribution in [0, 0.1) is 11.8 Å². The lowest BCUT2D eigenvalue weighted by Gasteiger charge is -2.38. The first-order valence-corrected chi connectivity index (χ1v) is 8.51. The molecule has 0 amide bonds. The van der Waals surface area contributed by atoms with E-state index in [1.807, 2.05) is 0 Å². The lowest BCUT2D eigenvalue weighted by Crippen LogP contribution is -2.47. The van der Waals surface area contributed by atoms with Crippen molar-refractivity contribution in [1.82, 2.24) is 9.80 Å². The molecule has 0 bridgehead atoms. The smallest absolute Gasteiger partial charge is 0.137 e. The van der Waals surface area contributed by atoms with Crippen molar-refractivity contribution >= 4 is 5.78 Å². The van der Waals surface area contributed by atoms with Crippen LogP contribution < -0.4 is 0 Å². The maximum atomic E-state index is 12.2. The molecule has 0 radical (unpaired) electrons. The molecule has 20 heavy (non-hydrogen) atoms. The number of piperidine rings is 1. The Bertz CT molecular complexity index is 318. The zero-order valence-corrected chi connectivity index (χ0v) is 13.6. The minimum atomic E-state index is 0.303. The third-order valence-electron chi connectivity index (χ3n) is 5.30. The molecule has 0 aromatic carbocycles. The SMILES string of the molecule is CCCC1CCC(=O)C(CN(C)C2CCCN(C)C2)C1. The van der Waals surface area contributed by atoms with E-state index in [0.29, 0.717) is 17.7 Å². The molecule has 2 rings (SSSR count). The van der Waals surface area contributed by atoms with Crippen LogP contribution in [0.25, 0.3) is 0 Å². The second kappa shape index (κ2) is 7.56. The van der Waals surface area contributed by atoms with E-state index >= 15 is 0 Å². The van der Waals surface area contributed by atoms with E-state index in [-0.39, 0.29) is 0 Å². The predicted molar refractivity (Wildman–Crippen MR) is 83.9 cm³/mol. The number of likely N-dealkylation sites (tertiary alicyclic amines) is 1. The van der Waals surface area contributed by atoms with Gasteiger partial charge in [-0.25, -0.2) is 0 Å². The van der Waals surface area contributed by atoms with E-state index in [0.717, 1.165) is 38.3 Å². The Morgan fingerprint density at radius 2 is 2.15 bits per heavy atom. The first-order chi connectivity index (χ1) is 9.60. The van der Waals surface area contributed by atoms with Crippen LogP contribution in [0.3, 0.4) is 0 Å². The molecule has 1 heterocycles. The molecular weight excluding hydrogens is 248 g/mol. The number of Topliss-reactive ketones (excluding diaryl/α,β-unsaturated/α-hetero) is 1. The Balaban J connectivity index is 1.85. The van der Waals surface area contributed by atoms with E-state index < -0.39 is 0 Å². The van der Waals surface area contributed by atoms with Gasteiger partial charge >= 0.3 is 0 Å². The summed E-state index contributed by atoms with van der Waals surface area (Å²) in [4.78, 5) is 17.1. The molecule has 0 spiro atoms. The number of nitrogens with zero attached hydrogens (tertiary/aromatic N) is 2. The second-order valence-corrected chi connectivity index (χ2v) is 7.09. The highest BCUT2D eigenvalue weighted by molar-refractivity contribution is 5.81. The Hall–Kier alpha value is -0.410. The summed E-state index contributed by atoms with van der Waals surface area (Å²) < 4.78 is 0. The summed E-state index contributed by atoms with van der Waals surface area (Å²) in [6.45, 7) is 5.63. The lowest BCUT2D eigenvalue weighted by molar-refractivity contribution is -0.126. The third-order valence-corrected chi connectivity index (χ3v) is 5.30. The second-order valence-electron chi connectivity index (χ2n) is 7.09. The van der Waals surface area contributed by atoms with Crippen molar-refractivity contribution in [3.63, 3.8) is 0 Å². The van der Waals surface area contributed by atoms with E-state index in [9.17, 15) is 4.79 Å². The summed E-state index contributed by atoms with van der Waals surface area (Å²) in [5, 5.41) is 0. The fourth-order valence-corrected chi connectivity index (χ4v) is 4.04. The van der Waals surface area contributed by atoms with Crippen LogP contribution in [0.15, 0.2) is 0 Å². The molecule has 116 valence electrons. The van der Waals surface area contributed by atoms with Crippen molar-refractivity contribution in [3.05, 3.63) is 0 Å². The van der Waals surface area contributed by atoms with Crippen LogP contribution in [-0.2, 0) is 4.79 Å². The molecule has 3 atom stereocenters. The van der Waals surface area contributed by atoms with Gasteiger partial charge in [0, 0.05) is 31.5 Å². The molecule has 1 aliphatic heterocycles. The minimum Gasteiger partial charge on any atom is -0.305 e. The van der Waals surface area contributed by atoms with Gasteiger partial charge < -0.3 is 9.80 Å². The van der Waals surface area contributed by atoms with Gasteiger partial charge in [0.1, 0.15) is 5.78 Å². The van der Waals surface area contributed by atoms with E-state index in [2.05, 4.69) is 30.8 Å². The summed E-state index contributed by atoms with van der Waals surface area (Å²) in [7, 11) is 4.43. The van der Waals surface area contributed by atoms with Gasteiger partial charge in [0.15, 0.2) is 0 Å². The first kappa shape index (κ1) is 16.0. The third kappa shape index (κ3) is 4.29. The Morgan fingerprint density at radius 1 is 1.35 bits per heavy atom. The molecule has 1 aliphatic carbocycles. The Morgan fingerprint density at radius 3 is 2.85 bits per heavy atom. The highest BCUT2D eigenvalue weighted by atomic mass is 16.1. The van der Waals surface area contributed by atoms with Crippen LogP contribution in [0.4, 0.5) is 0 Å². The van der Waals surface area contributed by atoms with Crippen LogP contribution in [0.1, 0.15) is 51.9 Å². The fraction of sp³-hybridized carbons (Fsp3) is 0.941. The molecule has 2 fully saturated rings. The largest absolute Gasteiger partial charge is 0.305 e. The normalized spacial score (nSPS) is 32.8. The van der Waals surface area contributed by atoms with Crippen LogP contribution in [0.2, 0.25) is 0 Å². The van der Waals surface area contributed by atoms with Crippen molar-refractivity contribution in [3.8, 4) is 0 Å². The zero-order valence-electron chi connectivity index (χ0n) is 13.6. The van der Waals surface area contributed by atoms with Gasteiger partial charge in [0.2, 0.25) is 0 Å². The molecule has 0 aromatic heterocycles. The van der Waals surface area contributed by atoms with E-state index in [4.69, 9.17) is 0 Å². The molecule has 0 N–H and O–H groups in total. The maximum absolute atomic E-state index is 12.2. The monoisotopic (exact) mass is 280 g/mol. The quantitative estimate of drug-likeness (QED) is 0.773. The number of rotatable bonds is 5. The summed E-state index contributed by atoms with van der Waals surface area (Å²) in [6, 6.07) is 0.646. The molecule has 3 unspecified atom stereocenters. The average molecular weight is 280 g/mol. The Labute approximate surface area is 124 Å². The van der Waals surface area contributed by atoms with Crippen molar-refractivity contribution in [2.45, 2.75) is 57.9 Å². The molecule has 2 aliphatic rings. The first-order valence-electron chi connectivity index (χ1n) is 8.51. The summed E-state index contributed by atoms with van der Waals surface area (Å²) in [5.74, 6) is 1.62. The van der Waals surface area contributed by atoms with Crippen molar-refractivity contribution < 1.29 is 4.79 Å². The van der Waals surface area contributed by atoms with Gasteiger partial charge in [-0.3, -0.25) is 4.79 Å². The predicted octanol–water partition coefficient (Wildman–Crippen LogP) is 2.80. The molecule has 0 aromatic rings. The van der Waals surface area contributed by atoms with Crippen molar-refractivity contribution in [1.29, 1.82) is 0 Å². The molecular formula is C17H32N2O. The van der Waals surface area contributed by atoms with E-state index in [1.54, 1.807) is 0 Å². The zero-order chi connectivity index (χ0) is 14.5. The lowest BCUT2D eigenvalue weighted by atomic mass is 9.78. The highest BCUT2D eigenvalue weighted by Gasteiger charge is 2.31. The van der Waals surface area contributed by atoms with Crippen LogP contribution >= 0.6 is 0 Å². The molecule has 1 saturated carbocycles. The Kier molecular flexibility index (Phi) is 6.03. The van der Waals surface area contributed by atoms with Gasteiger partial charge in [0.25, 0.3) is 0 Å². The number of ketones is 1. The highest BCUT2D eigenvalue weighted by Crippen LogP contribution is 2.30. The number of carbonyl (C=O) groups is 1. The van der Waals surface area contributed by atoms with Crippen LogP contribution in [-0.4, -0.2) is 55.4 Å². The fourth-order valence-electron chi connectivity index (χ4n) is 4.04. The number of hydrogen-bond donors (Lipinski definition) is 0. The van der Waals surface area contributed by atoms with Gasteiger partial charge in [-0.1, -0.05) is 19.8 Å². The summed E-state index contributed by atoms with van der Waals surface area (Å²) >= 11 is 0. The maximum Gasteiger partial charge on any atom is 0.137 e. The number of likely N-dealkylation sites (N-methyl/N-ethyl adjacent to an activating group) is 2. The number of hydrogen-bond acceptors (Lipinski definition) is 3. The summed E-state index contributed by atoms with van der Waals surface area (Å²) in [5.41, 5.74) is 0. The van der Waals surface area contributed by atoms with Gasteiger partial charge in [-0.15, -0.1) is 0 Å². The van der Waals surface area contributed by atoms with Gasteiger partial charge in [-0.05, 0) is 52.2 Å². The number of carbonyl (C=O) groups excluding carboxylic acids is 1. The van der Waals surface area contributed by atoms with Gasteiger partial charge in [-0.2, -0.15) is 0 Å². The minimum absolute atomic E-state index is 0.303. The molecule has 3 heteroatoms. The van der Waals surface area contributed by atoms with Gasteiger partial charge in [0.05, 0.1) is 0 Å². The summed E-state index contributed by atoms with van der Waals surface area (Å²) in [6.07, 6.45) is 8.25. The average Bonchev–Trinajstić information content (AvgIpc) is 2.43. The molecule has 1 saturated heterocycles. The van der Waals surface area contributed by atoms with Crippen LogP contribution in [0.5, 0.6) is 0 Å². The van der Waals surface area contributed by atoms with Crippen molar-refractivity contribution in [2.24, 2.45) is 11.8 Å². The standard InChI is InChI=1S/C17H32N2O/c1-4-6-14-8-9-17(20)15(11-14)12-19(3)16-7-5-10-18(2)13-16/h14-16H,4-13H2,1-3H3.